The van der Waals surface area contributed by atoms with Crippen LogP contribution in [0.1, 0.15) is 28.7 Å². The molecule has 0 saturated carbocycles. The van der Waals surface area contributed by atoms with Crippen LogP contribution in [0.15, 0.2) is 115 Å². The number of aryl methyl sites for hydroxylation is 1. The van der Waals surface area contributed by atoms with E-state index < -0.39 is 6.04 Å². The van der Waals surface area contributed by atoms with E-state index in [0.717, 1.165) is 28.0 Å². The Balaban J connectivity index is 1.57. The van der Waals surface area contributed by atoms with Gasteiger partial charge >= 0.3 is 0 Å². The van der Waals surface area contributed by atoms with Crippen LogP contribution in [-0.2, 0) is 35.5 Å². The number of hydrogen-bond donors (Lipinski definition) is 1. The Kier molecular flexibility index (Phi) is 9.69. The van der Waals surface area contributed by atoms with Gasteiger partial charge in [-0.15, -0.1) is 0 Å². The van der Waals surface area contributed by atoms with E-state index in [4.69, 9.17) is 4.74 Å². The summed E-state index contributed by atoms with van der Waals surface area (Å²) in [7, 11) is 1.63. The highest BCUT2D eigenvalue weighted by atomic mass is 16.5. The lowest BCUT2D eigenvalue weighted by atomic mass is 10.0. The number of amides is 2. The predicted molar refractivity (Wildman–Crippen MR) is 151 cm³/mol. The summed E-state index contributed by atoms with van der Waals surface area (Å²) in [5.41, 5.74) is 4.05. The standard InChI is InChI=1S/C33H34N2O3/c1-38-30-20-17-28(18-21-30)24-34-33(37)31(23-27-13-7-3-8-14-27)35(25-29-15-9-4-10-16-29)32(36)22-19-26-11-5-2-6-12-26/h2-18,20-21,31H,19,22-25H2,1H3,(H,34,37)/t31-/m0/s1. The maximum absolute atomic E-state index is 13.7. The molecule has 4 rings (SSSR count). The summed E-state index contributed by atoms with van der Waals surface area (Å²) in [4.78, 5) is 29.2. The lowest BCUT2D eigenvalue weighted by Gasteiger charge is -2.31. The number of hydrogen-bond acceptors (Lipinski definition) is 3. The van der Waals surface area contributed by atoms with Crippen molar-refractivity contribution in [3.05, 3.63) is 138 Å². The van der Waals surface area contributed by atoms with Gasteiger partial charge < -0.3 is 15.0 Å². The Morgan fingerprint density at radius 1 is 0.711 bits per heavy atom. The fraction of sp³-hybridized carbons (Fsp3) is 0.212. The van der Waals surface area contributed by atoms with Gasteiger partial charge in [-0.2, -0.15) is 0 Å². The molecular formula is C33H34N2O3. The molecule has 0 heterocycles. The molecule has 0 spiro atoms. The van der Waals surface area contributed by atoms with Gasteiger partial charge in [0.1, 0.15) is 11.8 Å². The van der Waals surface area contributed by atoms with Crippen LogP contribution in [0, 0.1) is 0 Å². The first-order chi connectivity index (χ1) is 18.6. The average Bonchev–Trinajstić information content (AvgIpc) is 2.98. The summed E-state index contributed by atoms with van der Waals surface area (Å²) in [5.74, 6) is 0.548. The molecule has 38 heavy (non-hydrogen) atoms. The molecule has 0 aliphatic rings. The quantitative estimate of drug-likeness (QED) is 0.273. The van der Waals surface area contributed by atoms with Crippen LogP contribution in [-0.4, -0.2) is 29.9 Å². The highest BCUT2D eigenvalue weighted by Crippen LogP contribution is 2.18. The van der Waals surface area contributed by atoms with Crippen molar-refractivity contribution in [1.29, 1.82) is 0 Å². The zero-order valence-corrected chi connectivity index (χ0v) is 21.8. The number of carbonyl (C=O) groups is 2. The second-order valence-corrected chi connectivity index (χ2v) is 9.26. The first-order valence-electron chi connectivity index (χ1n) is 12.9. The van der Waals surface area contributed by atoms with E-state index in [-0.39, 0.29) is 11.8 Å². The first kappa shape index (κ1) is 26.7. The molecule has 0 fully saturated rings. The zero-order chi connectivity index (χ0) is 26.6. The molecule has 5 heteroatoms. The van der Waals surface area contributed by atoms with Crippen LogP contribution in [0.2, 0.25) is 0 Å². The summed E-state index contributed by atoms with van der Waals surface area (Å²) in [6.07, 6.45) is 1.38. The second kappa shape index (κ2) is 13.8. The minimum atomic E-state index is -0.654. The Bertz CT molecular complexity index is 1280. The Morgan fingerprint density at radius 3 is 1.84 bits per heavy atom. The normalized spacial score (nSPS) is 11.4. The zero-order valence-electron chi connectivity index (χ0n) is 21.8. The molecule has 0 saturated heterocycles. The topological polar surface area (TPSA) is 58.6 Å². The van der Waals surface area contributed by atoms with Gasteiger partial charge in [-0.3, -0.25) is 9.59 Å². The van der Waals surface area contributed by atoms with Gasteiger partial charge in [-0.25, -0.2) is 0 Å². The van der Waals surface area contributed by atoms with E-state index in [9.17, 15) is 9.59 Å². The van der Waals surface area contributed by atoms with E-state index in [1.807, 2.05) is 115 Å². The fourth-order valence-corrected chi connectivity index (χ4v) is 4.42. The average molecular weight is 507 g/mol. The van der Waals surface area contributed by atoms with Gasteiger partial charge in [0, 0.05) is 25.9 Å². The minimum absolute atomic E-state index is 0.0433. The van der Waals surface area contributed by atoms with E-state index in [1.54, 1.807) is 12.0 Å². The smallest absolute Gasteiger partial charge is 0.243 e. The molecular weight excluding hydrogens is 472 g/mol. The highest BCUT2D eigenvalue weighted by Gasteiger charge is 2.30. The summed E-state index contributed by atoms with van der Waals surface area (Å²) in [6.45, 7) is 0.730. The van der Waals surface area contributed by atoms with E-state index >= 15 is 0 Å². The molecule has 0 aromatic heterocycles. The molecule has 194 valence electrons. The fourth-order valence-electron chi connectivity index (χ4n) is 4.42. The maximum Gasteiger partial charge on any atom is 0.243 e. The molecule has 2 amide bonds. The van der Waals surface area contributed by atoms with Crippen LogP contribution < -0.4 is 10.1 Å². The van der Waals surface area contributed by atoms with Crippen molar-refractivity contribution in [1.82, 2.24) is 10.2 Å². The van der Waals surface area contributed by atoms with Crippen molar-refractivity contribution in [3.63, 3.8) is 0 Å². The lowest BCUT2D eigenvalue weighted by Crippen LogP contribution is -2.50. The van der Waals surface area contributed by atoms with E-state index in [2.05, 4.69) is 5.32 Å². The molecule has 0 radical (unpaired) electrons. The number of ether oxygens (including phenoxy) is 1. The molecule has 0 aliphatic carbocycles. The molecule has 0 unspecified atom stereocenters. The Labute approximate surface area is 225 Å². The van der Waals surface area contributed by atoms with Crippen molar-refractivity contribution in [2.24, 2.45) is 0 Å². The summed E-state index contributed by atoms with van der Waals surface area (Å²) in [5, 5.41) is 3.08. The monoisotopic (exact) mass is 506 g/mol. The molecule has 4 aromatic carbocycles. The molecule has 4 aromatic rings. The lowest BCUT2D eigenvalue weighted by molar-refractivity contribution is -0.141. The van der Waals surface area contributed by atoms with Gasteiger partial charge in [0.2, 0.25) is 11.8 Å². The largest absolute Gasteiger partial charge is 0.497 e. The highest BCUT2D eigenvalue weighted by molar-refractivity contribution is 5.88. The van der Waals surface area contributed by atoms with Gasteiger partial charge in [0.25, 0.3) is 0 Å². The first-order valence-corrected chi connectivity index (χ1v) is 12.9. The van der Waals surface area contributed by atoms with Crippen molar-refractivity contribution < 1.29 is 14.3 Å². The third kappa shape index (κ3) is 7.81. The number of nitrogens with zero attached hydrogens (tertiary/aromatic N) is 1. The van der Waals surface area contributed by atoms with Gasteiger partial charge in [0.15, 0.2) is 0 Å². The second-order valence-electron chi connectivity index (χ2n) is 9.26. The Hall–Kier alpha value is -4.38. The number of nitrogens with one attached hydrogen (secondary N) is 1. The SMILES string of the molecule is COc1ccc(CNC(=O)[C@H](Cc2ccccc2)N(Cc2ccccc2)C(=O)CCc2ccccc2)cc1. The van der Waals surface area contributed by atoms with Crippen LogP contribution in [0.5, 0.6) is 5.75 Å². The van der Waals surface area contributed by atoms with Gasteiger partial charge in [0.05, 0.1) is 7.11 Å². The summed E-state index contributed by atoms with van der Waals surface area (Å²) in [6, 6.07) is 36.6. The third-order valence-electron chi connectivity index (χ3n) is 6.56. The summed E-state index contributed by atoms with van der Waals surface area (Å²) >= 11 is 0. The van der Waals surface area contributed by atoms with Gasteiger partial charge in [-0.1, -0.05) is 103 Å². The van der Waals surface area contributed by atoms with Crippen molar-refractivity contribution in [2.75, 3.05) is 7.11 Å². The molecule has 0 aliphatic heterocycles. The third-order valence-corrected chi connectivity index (χ3v) is 6.56. The molecule has 1 atom stereocenters. The molecule has 0 bridgehead atoms. The minimum Gasteiger partial charge on any atom is -0.497 e. The van der Waals surface area contributed by atoms with Crippen LogP contribution in [0.4, 0.5) is 0 Å². The summed E-state index contributed by atoms with van der Waals surface area (Å²) < 4.78 is 5.24. The van der Waals surface area contributed by atoms with E-state index in [1.165, 1.54) is 0 Å². The number of methoxy groups -OCH3 is 1. The van der Waals surface area contributed by atoms with Crippen LogP contribution in [0.3, 0.4) is 0 Å². The van der Waals surface area contributed by atoms with Gasteiger partial charge in [-0.05, 0) is 40.8 Å². The number of rotatable bonds is 12. The predicted octanol–water partition coefficient (Wildman–Crippen LogP) is 5.58. The van der Waals surface area contributed by atoms with Crippen LogP contribution >= 0.6 is 0 Å². The number of carbonyl (C=O) groups excluding carboxylic acids is 2. The molecule has 1 N–H and O–H groups in total. The number of benzene rings is 4. The van der Waals surface area contributed by atoms with Crippen molar-refractivity contribution in [3.8, 4) is 5.75 Å². The maximum atomic E-state index is 13.7. The van der Waals surface area contributed by atoms with Crippen LogP contribution in [0.25, 0.3) is 0 Å². The Morgan fingerprint density at radius 2 is 1.26 bits per heavy atom. The van der Waals surface area contributed by atoms with Crippen molar-refractivity contribution in [2.45, 2.75) is 38.4 Å². The van der Waals surface area contributed by atoms with E-state index in [0.29, 0.717) is 32.4 Å². The van der Waals surface area contributed by atoms with Crippen molar-refractivity contribution >= 4 is 11.8 Å². The molecule has 5 nitrogen and oxygen atoms in total.